The van der Waals surface area contributed by atoms with Crippen LogP contribution in [0.15, 0.2) is 91.0 Å². The van der Waals surface area contributed by atoms with Gasteiger partial charge in [-0.05, 0) is 96.1 Å². The molecule has 0 saturated heterocycles. The largest absolute Gasteiger partial charge is 0.573 e. The number of halogens is 4. The van der Waals surface area contributed by atoms with E-state index in [-0.39, 0.29) is 24.3 Å². The second kappa shape index (κ2) is 16.1. The Morgan fingerprint density at radius 1 is 0.804 bits per heavy atom. The van der Waals surface area contributed by atoms with Crippen LogP contribution < -0.4 is 9.47 Å². The molecule has 0 bridgehead atoms. The van der Waals surface area contributed by atoms with Crippen LogP contribution in [0.4, 0.5) is 13.2 Å². The summed E-state index contributed by atoms with van der Waals surface area (Å²) < 4.78 is 49.4. The van der Waals surface area contributed by atoms with Crippen molar-refractivity contribution in [2.75, 3.05) is 13.1 Å². The van der Waals surface area contributed by atoms with E-state index < -0.39 is 18.3 Å². The number of carbonyl (C=O) groups is 2. The van der Waals surface area contributed by atoms with Gasteiger partial charge in [-0.3, -0.25) is 9.69 Å². The van der Waals surface area contributed by atoms with Crippen molar-refractivity contribution in [2.45, 2.75) is 45.2 Å². The molecule has 0 fully saturated rings. The Labute approximate surface area is 269 Å². The predicted molar refractivity (Wildman–Crippen MR) is 168 cm³/mol. The van der Waals surface area contributed by atoms with E-state index in [1.807, 2.05) is 47.4 Å². The number of rotatable bonds is 16. The summed E-state index contributed by atoms with van der Waals surface area (Å²) in [4.78, 5) is 24.3. The number of unbranched alkanes of at least 4 members (excludes halogenated alkanes) is 1. The number of carboxylic acid groups (broad SMARTS) is 2. The predicted octanol–water partition coefficient (Wildman–Crippen LogP) is 8.48. The minimum atomic E-state index is -4.86. The average molecular weight is 656 g/mol. The van der Waals surface area contributed by atoms with Crippen LogP contribution in [0.1, 0.15) is 46.3 Å². The fraction of sp³-hybridized carbons (Fsp3) is 0.257. The molecule has 2 N–H and O–H groups in total. The Hall–Kier alpha value is -4.54. The normalized spacial score (nSPS) is 11.4. The summed E-state index contributed by atoms with van der Waals surface area (Å²) in [6.07, 6.45) is -3.47. The maximum atomic E-state index is 13.0. The molecule has 242 valence electrons. The van der Waals surface area contributed by atoms with Gasteiger partial charge >= 0.3 is 18.3 Å². The Bertz CT molecular complexity index is 1610. The van der Waals surface area contributed by atoms with Gasteiger partial charge in [0.1, 0.15) is 18.1 Å². The average Bonchev–Trinajstić information content (AvgIpc) is 3.01. The highest BCUT2D eigenvalue weighted by Crippen LogP contribution is 2.30. The van der Waals surface area contributed by atoms with Crippen molar-refractivity contribution in [2.24, 2.45) is 0 Å². The summed E-state index contributed by atoms with van der Waals surface area (Å²) in [5.74, 6) is -1.89. The van der Waals surface area contributed by atoms with Crippen LogP contribution in [0.2, 0.25) is 5.02 Å². The second-order valence-electron chi connectivity index (χ2n) is 10.7. The summed E-state index contributed by atoms with van der Waals surface area (Å²) in [5, 5.41) is 18.8. The van der Waals surface area contributed by atoms with Crippen molar-refractivity contribution < 1.29 is 42.4 Å². The van der Waals surface area contributed by atoms with Crippen LogP contribution in [-0.2, 0) is 24.4 Å². The van der Waals surface area contributed by atoms with Gasteiger partial charge in [-0.2, -0.15) is 0 Å². The molecule has 0 heterocycles. The highest BCUT2D eigenvalue weighted by Gasteiger charge is 2.31. The lowest BCUT2D eigenvalue weighted by Crippen LogP contribution is -2.27. The number of aliphatic carboxylic acids is 1. The highest BCUT2D eigenvalue weighted by atomic mass is 35.5. The zero-order chi connectivity index (χ0) is 33.1. The van der Waals surface area contributed by atoms with Crippen molar-refractivity contribution in [3.05, 3.63) is 118 Å². The van der Waals surface area contributed by atoms with Crippen LogP contribution in [0.5, 0.6) is 11.5 Å². The van der Waals surface area contributed by atoms with Crippen LogP contribution in [0, 0.1) is 0 Å². The van der Waals surface area contributed by atoms with Crippen molar-refractivity contribution in [1.29, 1.82) is 0 Å². The Morgan fingerprint density at radius 2 is 1.52 bits per heavy atom. The minimum absolute atomic E-state index is 0.0238. The molecule has 0 aromatic heterocycles. The lowest BCUT2D eigenvalue weighted by Gasteiger charge is -2.23. The van der Waals surface area contributed by atoms with Crippen LogP contribution in [-0.4, -0.2) is 46.5 Å². The van der Waals surface area contributed by atoms with Gasteiger partial charge in [-0.1, -0.05) is 60.1 Å². The van der Waals surface area contributed by atoms with E-state index in [2.05, 4.69) is 4.74 Å². The number of ether oxygens (including phenoxy) is 2. The van der Waals surface area contributed by atoms with E-state index in [1.165, 1.54) is 30.3 Å². The number of carboxylic acids is 2. The summed E-state index contributed by atoms with van der Waals surface area (Å²) in [6, 6.07) is 25.6. The van der Waals surface area contributed by atoms with Gasteiger partial charge in [0.05, 0.1) is 5.56 Å². The van der Waals surface area contributed by atoms with Crippen molar-refractivity contribution in [3.63, 3.8) is 0 Å². The fourth-order valence-electron chi connectivity index (χ4n) is 4.88. The first-order valence-corrected chi connectivity index (χ1v) is 15.0. The molecule has 11 heteroatoms. The van der Waals surface area contributed by atoms with Gasteiger partial charge in [0.25, 0.3) is 0 Å². The second-order valence-corrected chi connectivity index (χ2v) is 11.1. The van der Waals surface area contributed by atoms with E-state index in [9.17, 15) is 27.9 Å². The first-order chi connectivity index (χ1) is 21.9. The smallest absolute Gasteiger partial charge is 0.489 e. The van der Waals surface area contributed by atoms with Gasteiger partial charge in [-0.25, -0.2) is 4.79 Å². The molecule has 0 amide bonds. The molecule has 0 atom stereocenters. The summed E-state index contributed by atoms with van der Waals surface area (Å²) in [7, 11) is 0. The molecule has 0 unspecified atom stereocenters. The molecule has 4 aromatic rings. The fourth-order valence-corrected chi connectivity index (χ4v) is 5.07. The lowest BCUT2D eigenvalue weighted by atomic mass is 10.0. The molecule has 7 nitrogen and oxygen atoms in total. The van der Waals surface area contributed by atoms with Crippen molar-refractivity contribution in [3.8, 4) is 22.6 Å². The first kappa shape index (κ1) is 34.3. The Morgan fingerprint density at radius 3 is 2.17 bits per heavy atom. The maximum Gasteiger partial charge on any atom is 0.573 e. The van der Waals surface area contributed by atoms with E-state index in [0.29, 0.717) is 55.2 Å². The first-order valence-electron chi connectivity index (χ1n) is 14.6. The Balaban J connectivity index is 1.49. The van der Waals surface area contributed by atoms with Gasteiger partial charge in [0.2, 0.25) is 0 Å². The SMILES string of the molecule is O=C(O)CCCCN(CCc1cc(OC(F)(F)F)ccc1OCc1ccc(-c2cccc(Cl)c2)cc1)Cc1ccc(C(=O)O)cc1. The molecule has 0 radical (unpaired) electrons. The number of nitrogens with zero attached hydrogens (tertiary/aromatic N) is 1. The molecule has 0 saturated carbocycles. The lowest BCUT2D eigenvalue weighted by molar-refractivity contribution is -0.274. The topological polar surface area (TPSA) is 96.3 Å². The van der Waals surface area contributed by atoms with Crippen molar-refractivity contribution in [1.82, 2.24) is 4.90 Å². The quantitative estimate of drug-likeness (QED) is 0.117. The molecule has 0 aliphatic rings. The number of alkyl halides is 3. The number of aromatic carboxylic acids is 1. The van der Waals surface area contributed by atoms with E-state index in [0.717, 1.165) is 22.3 Å². The minimum Gasteiger partial charge on any atom is -0.489 e. The number of hydrogen-bond acceptors (Lipinski definition) is 5. The molecular formula is C35H33ClF3NO6. The van der Waals surface area contributed by atoms with Crippen LogP contribution in [0.25, 0.3) is 11.1 Å². The monoisotopic (exact) mass is 655 g/mol. The third-order valence-electron chi connectivity index (χ3n) is 7.19. The highest BCUT2D eigenvalue weighted by molar-refractivity contribution is 6.30. The molecule has 46 heavy (non-hydrogen) atoms. The zero-order valence-electron chi connectivity index (χ0n) is 24.8. The van der Waals surface area contributed by atoms with Crippen LogP contribution in [0.3, 0.4) is 0 Å². The summed E-state index contributed by atoms with van der Waals surface area (Å²) in [6.45, 7) is 1.55. The zero-order valence-corrected chi connectivity index (χ0v) is 25.6. The van der Waals surface area contributed by atoms with Gasteiger partial charge in [-0.15, -0.1) is 13.2 Å². The van der Waals surface area contributed by atoms with Crippen molar-refractivity contribution >= 4 is 23.5 Å². The molecule has 4 rings (SSSR count). The third-order valence-corrected chi connectivity index (χ3v) is 7.43. The van der Waals surface area contributed by atoms with Gasteiger partial charge in [0.15, 0.2) is 0 Å². The summed E-state index contributed by atoms with van der Waals surface area (Å²) in [5.41, 5.74) is 4.30. The summed E-state index contributed by atoms with van der Waals surface area (Å²) >= 11 is 6.11. The molecule has 4 aromatic carbocycles. The number of hydrogen-bond donors (Lipinski definition) is 2. The molecular weight excluding hydrogens is 623 g/mol. The third kappa shape index (κ3) is 11.1. The maximum absolute atomic E-state index is 13.0. The number of benzene rings is 4. The van der Waals surface area contributed by atoms with Gasteiger partial charge < -0.3 is 19.7 Å². The standard InChI is InChI=1S/C35H33ClF3NO6/c36-30-5-3-4-28(20-30)26-11-9-25(10-12-26)23-45-32-16-15-31(46-35(37,38)39)21-29(32)17-19-40(18-2-1-6-33(41)42)22-24-7-13-27(14-8-24)34(43)44/h3-5,7-16,20-21H,1-2,6,17-19,22-23H2,(H,41,42)(H,43,44). The van der Waals surface area contributed by atoms with Crippen LogP contribution >= 0.6 is 11.6 Å². The Kier molecular flexibility index (Phi) is 12.1. The molecule has 0 aliphatic carbocycles. The van der Waals surface area contributed by atoms with E-state index >= 15 is 0 Å². The molecule has 0 aliphatic heterocycles. The van der Waals surface area contributed by atoms with E-state index in [4.69, 9.17) is 21.4 Å². The molecule has 0 spiro atoms. The van der Waals surface area contributed by atoms with Gasteiger partial charge in [0, 0.05) is 24.5 Å². The van der Waals surface area contributed by atoms with E-state index in [1.54, 1.807) is 18.2 Å².